The molecule has 0 fully saturated rings. The first kappa shape index (κ1) is 22.6. The number of fused-ring (bicyclic) bond motifs is 1. The summed E-state index contributed by atoms with van der Waals surface area (Å²) in [5, 5.41) is 2.75. The number of furan rings is 1. The second-order valence-electron chi connectivity index (χ2n) is 8.62. The van der Waals surface area contributed by atoms with Gasteiger partial charge in [0.1, 0.15) is 17.3 Å². The number of nitrogens with one attached hydrogen (secondary N) is 1. The van der Waals surface area contributed by atoms with Crippen LogP contribution in [0.3, 0.4) is 0 Å². The van der Waals surface area contributed by atoms with Crippen molar-refractivity contribution in [2.24, 2.45) is 0 Å². The predicted molar refractivity (Wildman–Crippen MR) is 132 cm³/mol. The largest absolute Gasteiger partial charge is 0.461 e. The monoisotopic (exact) mass is 468 g/mol. The normalized spacial score (nSPS) is 12.8. The smallest absolute Gasteiger partial charge is 0.258 e. The van der Waals surface area contributed by atoms with Gasteiger partial charge in [-0.3, -0.25) is 9.59 Å². The fourth-order valence-electron chi connectivity index (χ4n) is 4.34. The van der Waals surface area contributed by atoms with Gasteiger partial charge in [0, 0.05) is 42.7 Å². The van der Waals surface area contributed by atoms with Crippen molar-refractivity contribution in [3.63, 3.8) is 0 Å². The van der Waals surface area contributed by atoms with Crippen LogP contribution >= 0.6 is 0 Å². The summed E-state index contributed by atoms with van der Waals surface area (Å²) in [6.07, 6.45) is 1.87. The van der Waals surface area contributed by atoms with E-state index in [9.17, 15) is 14.0 Å². The van der Waals surface area contributed by atoms with E-state index in [2.05, 4.69) is 5.32 Å². The number of rotatable bonds is 6. The Hall–Kier alpha value is -4.19. The predicted octanol–water partition coefficient (Wildman–Crippen LogP) is 5.86. The molecule has 1 aliphatic rings. The van der Waals surface area contributed by atoms with Crippen LogP contribution in [-0.4, -0.2) is 23.3 Å². The number of amides is 2. The SMILES string of the molecule is O=C(Nc1cccc(-c2cc3c(o2)CCN(C(=O)CCc2ccccc2)C3)c1)c1ccccc1F. The minimum atomic E-state index is -0.567. The fourth-order valence-corrected chi connectivity index (χ4v) is 4.34. The van der Waals surface area contributed by atoms with Crippen molar-refractivity contribution in [3.05, 3.63) is 113 Å². The van der Waals surface area contributed by atoms with Gasteiger partial charge in [0.05, 0.1) is 5.56 Å². The van der Waals surface area contributed by atoms with Crippen LogP contribution in [-0.2, 0) is 24.2 Å². The van der Waals surface area contributed by atoms with Gasteiger partial charge in [-0.05, 0) is 42.3 Å². The molecule has 4 aromatic rings. The number of carbonyl (C=O) groups excluding carboxylic acids is 2. The second-order valence-corrected chi connectivity index (χ2v) is 8.62. The molecule has 176 valence electrons. The van der Waals surface area contributed by atoms with Gasteiger partial charge in [-0.15, -0.1) is 0 Å². The van der Waals surface area contributed by atoms with Gasteiger partial charge < -0.3 is 14.6 Å². The average molecular weight is 469 g/mol. The summed E-state index contributed by atoms with van der Waals surface area (Å²) in [5.41, 5.74) is 3.49. The molecule has 0 spiro atoms. The molecule has 2 amide bonds. The van der Waals surface area contributed by atoms with Crippen molar-refractivity contribution in [1.82, 2.24) is 4.90 Å². The van der Waals surface area contributed by atoms with Gasteiger partial charge in [0.15, 0.2) is 0 Å². The van der Waals surface area contributed by atoms with Crippen molar-refractivity contribution in [1.29, 1.82) is 0 Å². The number of anilines is 1. The molecule has 0 atom stereocenters. The maximum absolute atomic E-state index is 13.9. The van der Waals surface area contributed by atoms with Crippen LogP contribution in [0.15, 0.2) is 89.3 Å². The van der Waals surface area contributed by atoms with Gasteiger partial charge in [0.2, 0.25) is 5.91 Å². The summed E-state index contributed by atoms with van der Waals surface area (Å²) >= 11 is 0. The molecule has 0 aliphatic carbocycles. The van der Waals surface area contributed by atoms with E-state index in [1.165, 1.54) is 12.1 Å². The van der Waals surface area contributed by atoms with E-state index >= 15 is 0 Å². The first-order chi connectivity index (χ1) is 17.1. The Kier molecular flexibility index (Phi) is 6.44. The zero-order chi connectivity index (χ0) is 24.2. The van der Waals surface area contributed by atoms with Crippen molar-refractivity contribution in [2.75, 3.05) is 11.9 Å². The van der Waals surface area contributed by atoms with Gasteiger partial charge >= 0.3 is 0 Å². The molecule has 1 aliphatic heterocycles. The third-order valence-corrected chi connectivity index (χ3v) is 6.21. The molecule has 0 radical (unpaired) electrons. The van der Waals surface area contributed by atoms with E-state index in [0.717, 1.165) is 28.9 Å². The topological polar surface area (TPSA) is 62.6 Å². The van der Waals surface area contributed by atoms with Crippen molar-refractivity contribution < 1.29 is 18.4 Å². The Morgan fingerprint density at radius 1 is 0.943 bits per heavy atom. The summed E-state index contributed by atoms with van der Waals surface area (Å²) in [6.45, 7) is 1.16. The van der Waals surface area contributed by atoms with E-state index in [0.29, 0.717) is 37.4 Å². The molecule has 5 nitrogen and oxygen atoms in total. The molecule has 3 aromatic carbocycles. The molecule has 0 unspecified atom stereocenters. The maximum atomic E-state index is 13.9. The van der Waals surface area contributed by atoms with Gasteiger partial charge in [-0.2, -0.15) is 0 Å². The van der Waals surface area contributed by atoms with Crippen molar-refractivity contribution >= 4 is 17.5 Å². The number of carbonyl (C=O) groups is 2. The van der Waals surface area contributed by atoms with E-state index < -0.39 is 11.7 Å². The standard InChI is InChI=1S/C29H25FN2O3/c30-25-12-5-4-11-24(25)29(34)31-23-10-6-9-21(17-23)27-18-22-19-32(16-15-26(22)35-27)28(33)14-13-20-7-2-1-3-8-20/h1-12,17-18H,13-16,19H2,(H,31,34). The van der Waals surface area contributed by atoms with Crippen molar-refractivity contribution in [3.8, 4) is 11.3 Å². The summed E-state index contributed by atoms with van der Waals surface area (Å²) in [6, 6.07) is 25.1. The Morgan fingerprint density at radius 2 is 1.74 bits per heavy atom. The minimum Gasteiger partial charge on any atom is -0.461 e. The zero-order valence-corrected chi connectivity index (χ0v) is 19.2. The molecule has 35 heavy (non-hydrogen) atoms. The number of hydrogen-bond donors (Lipinski definition) is 1. The summed E-state index contributed by atoms with van der Waals surface area (Å²) in [4.78, 5) is 27.1. The molecule has 0 bridgehead atoms. The molecule has 1 N–H and O–H groups in total. The van der Waals surface area contributed by atoms with Gasteiger partial charge in [0.25, 0.3) is 5.91 Å². The third-order valence-electron chi connectivity index (χ3n) is 6.21. The average Bonchev–Trinajstić information content (AvgIpc) is 3.32. The maximum Gasteiger partial charge on any atom is 0.258 e. The zero-order valence-electron chi connectivity index (χ0n) is 19.2. The van der Waals surface area contributed by atoms with Crippen LogP contribution in [0, 0.1) is 5.82 Å². The highest BCUT2D eigenvalue weighted by molar-refractivity contribution is 6.04. The Morgan fingerprint density at radius 3 is 2.57 bits per heavy atom. The van der Waals surface area contributed by atoms with Crippen LogP contribution in [0.1, 0.15) is 33.7 Å². The molecular weight excluding hydrogens is 443 g/mol. The van der Waals surface area contributed by atoms with Crippen LogP contribution in [0.2, 0.25) is 0 Å². The molecule has 0 saturated carbocycles. The molecule has 6 heteroatoms. The van der Waals surface area contributed by atoms with Crippen LogP contribution in [0.4, 0.5) is 10.1 Å². The van der Waals surface area contributed by atoms with E-state index in [-0.39, 0.29) is 11.5 Å². The summed E-state index contributed by atoms with van der Waals surface area (Å²) in [5.74, 6) is 0.620. The Labute approximate surface area is 203 Å². The first-order valence-electron chi connectivity index (χ1n) is 11.7. The first-order valence-corrected chi connectivity index (χ1v) is 11.7. The lowest BCUT2D eigenvalue weighted by Crippen LogP contribution is -2.35. The lowest BCUT2D eigenvalue weighted by molar-refractivity contribution is -0.132. The molecular formula is C29H25FN2O3. The molecule has 2 heterocycles. The van der Waals surface area contributed by atoms with Crippen LogP contribution in [0.25, 0.3) is 11.3 Å². The fraction of sp³-hybridized carbons (Fsp3) is 0.172. The molecule has 5 rings (SSSR count). The highest BCUT2D eigenvalue weighted by atomic mass is 19.1. The van der Waals surface area contributed by atoms with E-state index in [1.54, 1.807) is 24.3 Å². The lowest BCUT2D eigenvalue weighted by Gasteiger charge is -2.26. The molecule has 1 aromatic heterocycles. The Bertz CT molecular complexity index is 1360. The highest BCUT2D eigenvalue weighted by Crippen LogP contribution is 2.31. The van der Waals surface area contributed by atoms with Gasteiger partial charge in [-0.1, -0.05) is 54.6 Å². The van der Waals surface area contributed by atoms with Gasteiger partial charge in [-0.25, -0.2) is 4.39 Å². The lowest BCUT2D eigenvalue weighted by atomic mass is 10.1. The quantitative estimate of drug-likeness (QED) is 0.386. The number of halogens is 1. The van der Waals surface area contributed by atoms with E-state index in [4.69, 9.17) is 4.42 Å². The number of hydrogen-bond acceptors (Lipinski definition) is 3. The number of benzene rings is 3. The third kappa shape index (κ3) is 5.17. The summed E-state index contributed by atoms with van der Waals surface area (Å²) in [7, 11) is 0. The van der Waals surface area contributed by atoms with Crippen LogP contribution in [0.5, 0.6) is 0 Å². The Balaban J connectivity index is 1.26. The number of aryl methyl sites for hydroxylation is 1. The van der Waals surface area contributed by atoms with E-state index in [1.807, 2.05) is 53.4 Å². The minimum absolute atomic E-state index is 0.0108. The molecule has 0 saturated heterocycles. The number of nitrogens with zero attached hydrogens (tertiary/aromatic N) is 1. The summed E-state index contributed by atoms with van der Waals surface area (Å²) < 4.78 is 20.0. The second kappa shape index (κ2) is 9.97. The van der Waals surface area contributed by atoms with Crippen molar-refractivity contribution in [2.45, 2.75) is 25.8 Å². The highest BCUT2D eigenvalue weighted by Gasteiger charge is 2.24. The van der Waals surface area contributed by atoms with Crippen LogP contribution < -0.4 is 5.32 Å².